The van der Waals surface area contributed by atoms with Gasteiger partial charge in [-0.3, -0.25) is 9.59 Å². The van der Waals surface area contributed by atoms with E-state index in [2.05, 4.69) is 0 Å². The first-order valence-electron chi connectivity index (χ1n) is 11.1. The molecule has 0 unspecified atom stereocenters. The molecule has 0 fully saturated rings. The van der Waals surface area contributed by atoms with Gasteiger partial charge in [0.05, 0.1) is 21.7 Å². The van der Waals surface area contributed by atoms with Crippen LogP contribution in [0.2, 0.25) is 0 Å². The van der Waals surface area contributed by atoms with Crippen LogP contribution in [0.5, 0.6) is 0 Å². The Balaban J connectivity index is 2.36. The van der Waals surface area contributed by atoms with Crippen molar-refractivity contribution >= 4 is 37.5 Å². The number of imide groups is 1. The molecule has 11 heteroatoms. The van der Waals surface area contributed by atoms with E-state index in [4.69, 9.17) is 0 Å². The van der Waals surface area contributed by atoms with Crippen molar-refractivity contribution in [2.24, 2.45) is 0 Å². The fourth-order valence-electron chi connectivity index (χ4n) is 4.15. The van der Waals surface area contributed by atoms with Crippen molar-refractivity contribution < 1.29 is 26.4 Å². The third-order valence-corrected chi connectivity index (χ3v) is 10.0. The summed E-state index contributed by atoms with van der Waals surface area (Å²) in [7, 11) is -8.25. The molecule has 2 amide bonds. The van der Waals surface area contributed by atoms with E-state index in [1.54, 1.807) is 39.8 Å². The Bertz CT molecular complexity index is 1310. The molecule has 2 aromatic rings. The Morgan fingerprint density at radius 2 is 1.18 bits per heavy atom. The molecule has 0 spiro atoms. The highest BCUT2D eigenvalue weighted by Crippen LogP contribution is 2.38. The molecule has 1 heterocycles. The number of fused-ring (bicyclic) bond motifs is 1. The lowest BCUT2D eigenvalue weighted by molar-refractivity contribution is 0.0925. The molecule has 1 aliphatic heterocycles. The van der Waals surface area contributed by atoms with Gasteiger partial charge in [-0.25, -0.2) is 21.7 Å². The van der Waals surface area contributed by atoms with Crippen LogP contribution in [0.4, 0.5) is 5.69 Å². The third-order valence-electron chi connectivity index (χ3n) is 5.92. The van der Waals surface area contributed by atoms with Gasteiger partial charge >= 0.3 is 0 Å². The van der Waals surface area contributed by atoms with Crippen molar-refractivity contribution in [2.45, 2.75) is 44.4 Å². The summed E-state index contributed by atoms with van der Waals surface area (Å²) in [6.45, 7) is 8.87. The predicted octanol–water partition coefficient (Wildman–Crippen LogP) is 2.86. The number of hydrogen-bond acceptors (Lipinski definition) is 6. The van der Waals surface area contributed by atoms with Crippen molar-refractivity contribution in [2.75, 3.05) is 31.1 Å². The fourth-order valence-corrected chi connectivity index (χ4v) is 7.53. The summed E-state index contributed by atoms with van der Waals surface area (Å²) < 4.78 is 56.2. The number of benzene rings is 2. The average molecular weight is 508 g/mol. The van der Waals surface area contributed by atoms with E-state index in [0.717, 1.165) is 15.3 Å². The van der Waals surface area contributed by atoms with Crippen LogP contribution >= 0.6 is 0 Å². The molecule has 0 aliphatic carbocycles. The lowest BCUT2D eigenvalue weighted by Crippen LogP contribution is -2.36. The number of hydrogen-bond donors (Lipinski definition) is 0. The zero-order valence-electron chi connectivity index (χ0n) is 19.9. The number of anilines is 1. The van der Waals surface area contributed by atoms with Gasteiger partial charge in [0.2, 0.25) is 20.0 Å². The maximum atomic E-state index is 13.7. The van der Waals surface area contributed by atoms with Gasteiger partial charge < -0.3 is 0 Å². The number of amides is 2. The van der Waals surface area contributed by atoms with Crippen LogP contribution in [0.25, 0.3) is 0 Å². The smallest absolute Gasteiger partial charge is 0.266 e. The average Bonchev–Trinajstić information content (AvgIpc) is 3.04. The van der Waals surface area contributed by atoms with Gasteiger partial charge in [-0.1, -0.05) is 39.8 Å². The Morgan fingerprint density at radius 3 is 1.62 bits per heavy atom. The Kier molecular flexibility index (Phi) is 7.32. The van der Waals surface area contributed by atoms with Crippen molar-refractivity contribution in [3.63, 3.8) is 0 Å². The lowest BCUT2D eigenvalue weighted by atomic mass is 10.1. The number of nitrogens with zero attached hydrogens (tertiary/aromatic N) is 3. The molecule has 1 aliphatic rings. The second-order valence-corrected chi connectivity index (χ2v) is 11.6. The molecule has 184 valence electrons. The second kappa shape index (κ2) is 9.57. The topological polar surface area (TPSA) is 112 Å². The lowest BCUT2D eigenvalue weighted by Gasteiger charge is -2.26. The molecule has 2 aromatic carbocycles. The standard InChI is InChI=1S/C23H29N3O6S2/c1-6-24(7-2)33(29,30)17-14-16(5)21(20(15-17)34(31,32)25(8-3)9-4)26-22(27)18-12-10-11-13-19(18)23(26)28/h10-15H,6-9H2,1-5H3. The van der Waals surface area contributed by atoms with Gasteiger partial charge in [0.1, 0.15) is 4.90 Å². The van der Waals surface area contributed by atoms with Crippen LogP contribution in [-0.2, 0) is 20.0 Å². The zero-order valence-corrected chi connectivity index (χ0v) is 21.5. The van der Waals surface area contributed by atoms with Crippen molar-refractivity contribution in [1.82, 2.24) is 8.61 Å². The third kappa shape index (κ3) is 4.06. The van der Waals surface area contributed by atoms with Crippen molar-refractivity contribution in [3.05, 3.63) is 53.1 Å². The van der Waals surface area contributed by atoms with Gasteiger partial charge in [-0.05, 0) is 36.8 Å². The number of sulfonamides is 2. The summed E-state index contributed by atoms with van der Waals surface area (Å²) in [5.74, 6) is -1.31. The molecule has 0 N–H and O–H groups in total. The molecule has 0 bridgehead atoms. The number of aryl methyl sites for hydroxylation is 1. The van der Waals surface area contributed by atoms with Gasteiger partial charge in [0, 0.05) is 26.2 Å². The minimum atomic E-state index is -4.24. The van der Waals surface area contributed by atoms with Crippen LogP contribution in [0, 0.1) is 6.92 Å². The van der Waals surface area contributed by atoms with E-state index < -0.39 is 36.8 Å². The summed E-state index contributed by atoms with van der Waals surface area (Å²) in [5.41, 5.74) is 0.390. The van der Waals surface area contributed by atoms with Crippen LogP contribution < -0.4 is 4.90 Å². The zero-order chi connectivity index (χ0) is 25.4. The molecule has 0 radical (unpaired) electrons. The quantitative estimate of drug-likeness (QED) is 0.483. The molecule has 0 saturated heterocycles. The molecule has 0 atom stereocenters. The number of rotatable bonds is 9. The minimum absolute atomic E-state index is 0.128. The van der Waals surface area contributed by atoms with Gasteiger partial charge in [0.15, 0.2) is 0 Å². The predicted molar refractivity (Wildman–Crippen MR) is 129 cm³/mol. The molecule has 34 heavy (non-hydrogen) atoms. The molecule has 0 saturated carbocycles. The Labute approximate surface area is 201 Å². The number of carbonyl (C=O) groups excluding carboxylic acids is 2. The van der Waals surface area contributed by atoms with Crippen LogP contribution in [0.15, 0.2) is 46.2 Å². The minimum Gasteiger partial charge on any atom is -0.268 e. The monoisotopic (exact) mass is 507 g/mol. The molecular weight excluding hydrogens is 478 g/mol. The molecule has 3 rings (SSSR count). The first-order chi connectivity index (χ1) is 16.0. The molecular formula is C23H29N3O6S2. The summed E-state index contributed by atoms with van der Waals surface area (Å²) in [6, 6.07) is 8.62. The van der Waals surface area contributed by atoms with Crippen LogP contribution in [0.1, 0.15) is 54.0 Å². The highest BCUT2D eigenvalue weighted by Gasteiger charge is 2.41. The first kappa shape index (κ1) is 26.0. The summed E-state index contributed by atoms with van der Waals surface area (Å²) in [6.07, 6.45) is 0. The maximum Gasteiger partial charge on any atom is 0.266 e. The Hall–Kier alpha value is -2.60. The largest absolute Gasteiger partial charge is 0.268 e. The van der Waals surface area contributed by atoms with Crippen LogP contribution in [-0.4, -0.2) is 63.4 Å². The van der Waals surface area contributed by atoms with Crippen LogP contribution in [0.3, 0.4) is 0 Å². The van der Waals surface area contributed by atoms with E-state index >= 15 is 0 Å². The summed E-state index contributed by atoms with van der Waals surface area (Å²) in [4.78, 5) is 26.6. The highest BCUT2D eigenvalue weighted by molar-refractivity contribution is 7.90. The Morgan fingerprint density at radius 1 is 0.735 bits per heavy atom. The summed E-state index contributed by atoms with van der Waals surface area (Å²) >= 11 is 0. The van der Waals surface area contributed by atoms with E-state index in [1.807, 2.05) is 0 Å². The van der Waals surface area contributed by atoms with Crippen molar-refractivity contribution in [3.8, 4) is 0 Å². The first-order valence-corrected chi connectivity index (χ1v) is 14.0. The van der Waals surface area contributed by atoms with Gasteiger partial charge in [0.25, 0.3) is 11.8 Å². The van der Waals surface area contributed by atoms with E-state index in [-0.39, 0.29) is 53.5 Å². The van der Waals surface area contributed by atoms with E-state index in [0.29, 0.717) is 0 Å². The summed E-state index contributed by atoms with van der Waals surface area (Å²) in [5, 5.41) is 0. The molecule has 9 nitrogen and oxygen atoms in total. The van der Waals surface area contributed by atoms with E-state index in [9.17, 15) is 26.4 Å². The normalized spacial score (nSPS) is 14.4. The maximum absolute atomic E-state index is 13.7. The van der Waals surface area contributed by atoms with E-state index in [1.165, 1.54) is 29.4 Å². The molecule has 0 aromatic heterocycles. The highest BCUT2D eigenvalue weighted by atomic mass is 32.2. The second-order valence-electron chi connectivity index (χ2n) is 7.76. The number of carbonyl (C=O) groups is 2. The van der Waals surface area contributed by atoms with Gasteiger partial charge in [-0.15, -0.1) is 0 Å². The van der Waals surface area contributed by atoms with Gasteiger partial charge in [-0.2, -0.15) is 8.61 Å². The van der Waals surface area contributed by atoms with Crippen molar-refractivity contribution in [1.29, 1.82) is 0 Å². The SMILES string of the molecule is CCN(CC)S(=O)(=O)c1cc(C)c(N2C(=O)c3ccccc3C2=O)c(S(=O)(=O)N(CC)CC)c1. The fraction of sp³-hybridized carbons (Fsp3) is 0.391.